The molecule has 2 aromatic rings. The zero-order chi connectivity index (χ0) is 13.4. The molecule has 4 heteroatoms. The SMILES string of the molecule is CC(Br)C(=O)Nc1ccc2cc(C3CC3)ccc2n1. The third-order valence-corrected chi connectivity index (χ3v) is 3.79. The maximum atomic E-state index is 11.6. The van der Waals surface area contributed by atoms with Gasteiger partial charge in [-0.3, -0.25) is 4.79 Å². The van der Waals surface area contributed by atoms with E-state index in [0.717, 1.165) is 16.8 Å². The van der Waals surface area contributed by atoms with Crippen LogP contribution >= 0.6 is 15.9 Å². The van der Waals surface area contributed by atoms with Crippen molar-refractivity contribution in [3.05, 3.63) is 35.9 Å². The lowest BCUT2D eigenvalue weighted by molar-refractivity contribution is -0.115. The van der Waals surface area contributed by atoms with Crippen molar-refractivity contribution in [3.63, 3.8) is 0 Å². The molecule has 1 amide bonds. The maximum Gasteiger partial charge on any atom is 0.239 e. The Bertz CT molecular complexity index is 635. The van der Waals surface area contributed by atoms with Crippen LogP contribution in [0.2, 0.25) is 0 Å². The minimum Gasteiger partial charge on any atom is -0.310 e. The summed E-state index contributed by atoms with van der Waals surface area (Å²) in [6.07, 6.45) is 2.60. The highest BCUT2D eigenvalue weighted by atomic mass is 79.9. The average Bonchev–Trinajstić information content (AvgIpc) is 3.22. The van der Waals surface area contributed by atoms with Gasteiger partial charge in [0.15, 0.2) is 0 Å². The first-order valence-electron chi connectivity index (χ1n) is 6.49. The summed E-state index contributed by atoms with van der Waals surface area (Å²) in [6.45, 7) is 1.79. The predicted octanol–water partition coefficient (Wildman–Crippen LogP) is 3.83. The summed E-state index contributed by atoms with van der Waals surface area (Å²) in [6, 6.07) is 10.3. The van der Waals surface area contributed by atoms with Crippen LogP contribution in [0.4, 0.5) is 5.82 Å². The largest absolute Gasteiger partial charge is 0.310 e. The molecule has 0 radical (unpaired) electrons. The Balaban J connectivity index is 1.88. The van der Waals surface area contributed by atoms with Gasteiger partial charge in [0.1, 0.15) is 5.82 Å². The molecule has 1 fully saturated rings. The summed E-state index contributed by atoms with van der Waals surface area (Å²) in [7, 11) is 0. The lowest BCUT2D eigenvalue weighted by Gasteiger charge is -2.07. The molecule has 1 saturated carbocycles. The molecule has 1 unspecified atom stereocenters. The van der Waals surface area contributed by atoms with Crippen LogP contribution in [0, 0.1) is 0 Å². The fourth-order valence-electron chi connectivity index (χ4n) is 2.11. The van der Waals surface area contributed by atoms with Gasteiger partial charge in [-0.05, 0) is 55.5 Å². The fourth-order valence-corrected chi connectivity index (χ4v) is 2.22. The Hall–Kier alpha value is -1.42. The Labute approximate surface area is 120 Å². The number of anilines is 1. The van der Waals surface area contributed by atoms with Crippen LogP contribution in [-0.2, 0) is 4.79 Å². The van der Waals surface area contributed by atoms with E-state index in [-0.39, 0.29) is 10.7 Å². The van der Waals surface area contributed by atoms with Gasteiger partial charge in [0.05, 0.1) is 10.3 Å². The minimum atomic E-state index is -0.220. The van der Waals surface area contributed by atoms with Gasteiger partial charge in [-0.2, -0.15) is 0 Å². The maximum absolute atomic E-state index is 11.6. The van der Waals surface area contributed by atoms with Crippen molar-refractivity contribution >= 4 is 38.6 Å². The van der Waals surface area contributed by atoms with Gasteiger partial charge in [0.25, 0.3) is 0 Å². The number of carbonyl (C=O) groups is 1. The lowest BCUT2D eigenvalue weighted by Crippen LogP contribution is -2.20. The Morgan fingerprint density at radius 3 is 2.84 bits per heavy atom. The number of hydrogen-bond acceptors (Lipinski definition) is 2. The number of rotatable bonds is 3. The second kappa shape index (κ2) is 4.93. The molecule has 1 aromatic carbocycles. The van der Waals surface area contributed by atoms with Crippen LogP contribution in [0.5, 0.6) is 0 Å². The molecule has 98 valence electrons. The first kappa shape index (κ1) is 12.6. The molecule has 19 heavy (non-hydrogen) atoms. The lowest BCUT2D eigenvalue weighted by atomic mass is 10.1. The summed E-state index contributed by atoms with van der Waals surface area (Å²) in [4.78, 5) is 15.8. The number of benzene rings is 1. The van der Waals surface area contributed by atoms with Crippen molar-refractivity contribution in [2.24, 2.45) is 0 Å². The predicted molar refractivity (Wildman–Crippen MR) is 80.7 cm³/mol. The number of pyridine rings is 1. The molecule has 3 rings (SSSR count). The zero-order valence-corrected chi connectivity index (χ0v) is 12.3. The number of carbonyl (C=O) groups excluding carboxylic acids is 1. The van der Waals surface area contributed by atoms with Crippen molar-refractivity contribution in [3.8, 4) is 0 Å². The molecule has 1 N–H and O–H groups in total. The van der Waals surface area contributed by atoms with Crippen LogP contribution < -0.4 is 5.32 Å². The number of alkyl halides is 1. The molecular formula is C15H15BrN2O. The minimum absolute atomic E-state index is 0.0820. The fraction of sp³-hybridized carbons (Fsp3) is 0.333. The van der Waals surface area contributed by atoms with E-state index in [9.17, 15) is 4.79 Å². The zero-order valence-electron chi connectivity index (χ0n) is 10.7. The van der Waals surface area contributed by atoms with E-state index >= 15 is 0 Å². The molecule has 1 aliphatic rings. The van der Waals surface area contributed by atoms with Crippen molar-refractivity contribution in [1.29, 1.82) is 0 Å². The van der Waals surface area contributed by atoms with E-state index < -0.39 is 0 Å². The second-order valence-corrected chi connectivity index (χ2v) is 6.40. The van der Waals surface area contributed by atoms with Crippen LogP contribution in [-0.4, -0.2) is 15.7 Å². The van der Waals surface area contributed by atoms with Gasteiger partial charge in [-0.1, -0.05) is 22.0 Å². The van der Waals surface area contributed by atoms with Gasteiger partial charge in [0, 0.05) is 5.39 Å². The number of amides is 1. The highest BCUT2D eigenvalue weighted by Gasteiger charge is 2.23. The number of aromatic nitrogens is 1. The normalized spacial score (nSPS) is 16.3. The van der Waals surface area contributed by atoms with Gasteiger partial charge >= 0.3 is 0 Å². The van der Waals surface area contributed by atoms with Crippen molar-refractivity contribution < 1.29 is 4.79 Å². The third-order valence-electron chi connectivity index (χ3n) is 3.37. The summed E-state index contributed by atoms with van der Waals surface area (Å²) in [5.41, 5.74) is 2.32. The van der Waals surface area contributed by atoms with E-state index in [1.807, 2.05) is 18.2 Å². The quantitative estimate of drug-likeness (QED) is 0.874. The number of halogens is 1. The highest BCUT2D eigenvalue weighted by molar-refractivity contribution is 9.10. The monoisotopic (exact) mass is 318 g/mol. The van der Waals surface area contributed by atoms with Crippen LogP contribution in [0.3, 0.4) is 0 Å². The highest BCUT2D eigenvalue weighted by Crippen LogP contribution is 2.40. The van der Waals surface area contributed by atoms with Gasteiger partial charge in [-0.25, -0.2) is 4.98 Å². The molecule has 3 nitrogen and oxygen atoms in total. The Morgan fingerprint density at radius 1 is 1.37 bits per heavy atom. The van der Waals surface area contributed by atoms with Crippen molar-refractivity contribution in [2.75, 3.05) is 5.32 Å². The van der Waals surface area contributed by atoms with Crippen LogP contribution in [0.25, 0.3) is 10.9 Å². The standard InChI is InChI=1S/C15H15BrN2O/c1-9(16)15(19)18-14-7-5-12-8-11(10-2-3-10)4-6-13(12)17-14/h4-10H,2-3H2,1H3,(H,17,18,19). The number of nitrogens with one attached hydrogen (secondary N) is 1. The molecular weight excluding hydrogens is 304 g/mol. The summed E-state index contributed by atoms with van der Waals surface area (Å²) < 4.78 is 0. The first-order valence-corrected chi connectivity index (χ1v) is 7.41. The average molecular weight is 319 g/mol. The molecule has 0 bridgehead atoms. The molecule has 0 aliphatic heterocycles. The Morgan fingerprint density at radius 2 is 2.16 bits per heavy atom. The van der Waals surface area contributed by atoms with Crippen LogP contribution in [0.1, 0.15) is 31.2 Å². The van der Waals surface area contributed by atoms with Gasteiger partial charge in [-0.15, -0.1) is 0 Å². The van der Waals surface area contributed by atoms with Crippen molar-refractivity contribution in [1.82, 2.24) is 4.98 Å². The molecule has 1 atom stereocenters. The van der Waals surface area contributed by atoms with Gasteiger partial charge < -0.3 is 5.32 Å². The second-order valence-electron chi connectivity index (χ2n) is 5.03. The van der Waals surface area contributed by atoms with E-state index in [2.05, 4.69) is 38.4 Å². The van der Waals surface area contributed by atoms with Gasteiger partial charge in [0.2, 0.25) is 5.91 Å². The molecule has 0 saturated heterocycles. The number of nitrogens with zero attached hydrogens (tertiary/aromatic N) is 1. The van der Waals surface area contributed by atoms with E-state index in [1.165, 1.54) is 18.4 Å². The topological polar surface area (TPSA) is 42.0 Å². The first-order chi connectivity index (χ1) is 9.13. The smallest absolute Gasteiger partial charge is 0.239 e. The molecule has 1 heterocycles. The van der Waals surface area contributed by atoms with Crippen LogP contribution in [0.15, 0.2) is 30.3 Å². The summed E-state index contributed by atoms with van der Waals surface area (Å²) in [5, 5.41) is 3.92. The summed E-state index contributed by atoms with van der Waals surface area (Å²) >= 11 is 3.24. The Kier molecular flexibility index (Phi) is 3.27. The molecule has 1 aliphatic carbocycles. The number of hydrogen-bond donors (Lipinski definition) is 1. The van der Waals surface area contributed by atoms with Crippen molar-refractivity contribution in [2.45, 2.75) is 30.5 Å². The van der Waals surface area contributed by atoms with E-state index in [1.54, 1.807) is 6.92 Å². The van der Waals surface area contributed by atoms with E-state index in [4.69, 9.17) is 0 Å². The molecule has 1 aromatic heterocycles. The summed E-state index contributed by atoms with van der Waals surface area (Å²) in [5.74, 6) is 1.27. The third kappa shape index (κ3) is 2.78. The van der Waals surface area contributed by atoms with E-state index in [0.29, 0.717) is 5.82 Å². The molecule has 0 spiro atoms. The number of fused-ring (bicyclic) bond motifs is 1.